The number of halogens is 1. The minimum atomic E-state index is -0.205. The number of rotatable bonds is 2. The lowest BCUT2D eigenvalue weighted by atomic mass is 9.96. The Morgan fingerprint density at radius 3 is 2.37 bits per heavy atom. The van der Waals surface area contributed by atoms with Crippen molar-refractivity contribution >= 4 is 34.5 Å². The predicted molar refractivity (Wildman–Crippen MR) is 78.0 cm³/mol. The van der Waals surface area contributed by atoms with Crippen molar-refractivity contribution in [2.75, 3.05) is 5.32 Å². The normalized spacial score (nSPS) is 11.4. The summed E-state index contributed by atoms with van der Waals surface area (Å²) in [5.41, 5.74) is 0.464. The molecule has 0 spiro atoms. The number of amides is 1. The maximum atomic E-state index is 11.9. The van der Waals surface area contributed by atoms with Crippen molar-refractivity contribution in [2.45, 2.75) is 26.2 Å². The largest absolute Gasteiger partial charge is 0.319 e. The third kappa shape index (κ3) is 3.52. The molecule has 19 heavy (non-hydrogen) atoms. The molecule has 0 radical (unpaired) electrons. The number of nitrogens with zero attached hydrogens (tertiary/aromatic N) is 2. The Hall–Kier alpha value is -1.46. The first kappa shape index (κ1) is 14.0. The number of anilines is 1. The predicted octanol–water partition coefficient (Wildman–Crippen LogP) is 3.74. The number of hydrogen-bond acceptors (Lipinski definition) is 4. The van der Waals surface area contributed by atoms with Crippen LogP contribution in [0, 0.1) is 0 Å². The second-order valence-electron chi connectivity index (χ2n) is 5.10. The Labute approximate surface area is 120 Å². The summed E-state index contributed by atoms with van der Waals surface area (Å²) in [6.07, 6.45) is 3.22. The fourth-order valence-corrected chi connectivity index (χ4v) is 2.35. The summed E-state index contributed by atoms with van der Waals surface area (Å²) in [7, 11) is 0. The van der Waals surface area contributed by atoms with E-state index in [0.29, 0.717) is 14.9 Å². The van der Waals surface area contributed by atoms with Crippen molar-refractivity contribution in [1.82, 2.24) is 9.97 Å². The highest BCUT2D eigenvalue weighted by Gasteiger charge is 2.17. The van der Waals surface area contributed by atoms with E-state index in [1.165, 1.54) is 11.3 Å². The van der Waals surface area contributed by atoms with Gasteiger partial charge in [-0.25, -0.2) is 9.97 Å². The van der Waals surface area contributed by atoms with Gasteiger partial charge in [-0.1, -0.05) is 32.4 Å². The van der Waals surface area contributed by atoms with Crippen molar-refractivity contribution in [3.05, 3.63) is 39.6 Å². The van der Waals surface area contributed by atoms with Crippen LogP contribution < -0.4 is 5.32 Å². The van der Waals surface area contributed by atoms with Gasteiger partial charge in [0.2, 0.25) is 0 Å². The third-order valence-electron chi connectivity index (χ3n) is 2.38. The van der Waals surface area contributed by atoms with E-state index in [4.69, 9.17) is 11.6 Å². The molecule has 1 amide bonds. The Morgan fingerprint density at radius 1 is 1.26 bits per heavy atom. The second-order valence-corrected chi connectivity index (χ2v) is 6.82. The summed E-state index contributed by atoms with van der Waals surface area (Å²) in [5, 5.41) is 2.74. The van der Waals surface area contributed by atoms with Crippen molar-refractivity contribution in [1.29, 1.82) is 0 Å². The van der Waals surface area contributed by atoms with Gasteiger partial charge in [-0.05, 0) is 12.1 Å². The molecule has 0 fully saturated rings. The minimum absolute atomic E-state index is 0.107. The fraction of sp³-hybridized carbons (Fsp3) is 0.308. The molecule has 100 valence electrons. The van der Waals surface area contributed by atoms with Gasteiger partial charge in [-0.2, -0.15) is 0 Å². The first-order valence-electron chi connectivity index (χ1n) is 5.75. The molecule has 2 rings (SSSR count). The van der Waals surface area contributed by atoms with E-state index < -0.39 is 0 Å². The summed E-state index contributed by atoms with van der Waals surface area (Å²) in [5.74, 6) is 0.536. The third-order valence-corrected chi connectivity index (χ3v) is 3.61. The first-order chi connectivity index (χ1) is 8.86. The Kier molecular flexibility index (Phi) is 3.87. The van der Waals surface area contributed by atoms with Crippen LogP contribution in [-0.4, -0.2) is 15.9 Å². The van der Waals surface area contributed by atoms with Gasteiger partial charge in [-0.3, -0.25) is 4.79 Å². The molecule has 1 N–H and O–H groups in total. The molecule has 2 aromatic rings. The molecule has 0 saturated heterocycles. The Balaban J connectivity index is 2.10. The number of hydrogen-bond donors (Lipinski definition) is 1. The molecule has 0 aromatic carbocycles. The molecule has 2 heterocycles. The van der Waals surface area contributed by atoms with Gasteiger partial charge >= 0.3 is 0 Å². The van der Waals surface area contributed by atoms with Gasteiger partial charge in [0.05, 0.1) is 27.3 Å². The SMILES string of the molecule is CC(C)(C)c1ncc(NC(=O)c2ccc(Cl)s2)cn1. The van der Waals surface area contributed by atoms with Crippen LogP contribution >= 0.6 is 22.9 Å². The van der Waals surface area contributed by atoms with Gasteiger partial charge in [0.25, 0.3) is 5.91 Å². The van der Waals surface area contributed by atoms with Gasteiger partial charge in [0, 0.05) is 5.41 Å². The van der Waals surface area contributed by atoms with E-state index >= 15 is 0 Å². The summed E-state index contributed by atoms with van der Waals surface area (Å²) in [4.78, 5) is 21.0. The summed E-state index contributed by atoms with van der Waals surface area (Å²) in [6, 6.07) is 3.38. The van der Waals surface area contributed by atoms with Crippen molar-refractivity contribution in [3.8, 4) is 0 Å². The van der Waals surface area contributed by atoms with Gasteiger partial charge in [0.1, 0.15) is 5.82 Å². The molecular weight excluding hydrogens is 282 g/mol. The quantitative estimate of drug-likeness (QED) is 0.918. The molecule has 0 bridgehead atoms. The van der Waals surface area contributed by atoms with Crippen molar-refractivity contribution in [3.63, 3.8) is 0 Å². The number of carbonyl (C=O) groups is 1. The molecule has 0 aliphatic heterocycles. The maximum absolute atomic E-state index is 11.9. The second kappa shape index (κ2) is 5.27. The van der Waals surface area contributed by atoms with E-state index in [2.05, 4.69) is 15.3 Å². The lowest BCUT2D eigenvalue weighted by molar-refractivity contribution is 0.103. The molecule has 6 heteroatoms. The molecule has 2 aromatic heterocycles. The molecule has 0 unspecified atom stereocenters. The monoisotopic (exact) mass is 295 g/mol. The molecule has 0 aliphatic carbocycles. The highest BCUT2D eigenvalue weighted by molar-refractivity contribution is 7.18. The molecule has 0 atom stereocenters. The Morgan fingerprint density at radius 2 is 1.89 bits per heavy atom. The van der Waals surface area contributed by atoms with Gasteiger partial charge in [0.15, 0.2) is 0 Å². The van der Waals surface area contributed by atoms with Crippen LogP contribution in [0.4, 0.5) is 5.69 Å². The van der Waals surface area contributed by atoms with Crippen LogP contribution in [0.15, 0.2) is 24.5 Å². The number of carbonyl (C=O) groups excluding carboxylic acids is 1. The van der Waals surface area contributed by atoms with Gasteiger partial charge < -0.3 is 5.32 Å². The Bertz CT molecular complexity index is 587. The molecule has 0 saturated carbocycles. The lowest BCUT2D eigenvalue weighted by Gasteiger charge is -2.16. The summed E-state index contributed by atoms with van der Waals surface area (Å²) < 4.78 is 0.587. The lowest BCUT2D eigenvalue weighted by Crippen LogP contribution is -2.17. The van der Waals surface area contributed by atoms with Crippen molar-refractivity contribution < 1.29 is 4.79 Å². The zero-order chi connectivity index (χ0) is 14.0. The van der Waals surface area contributed by atoms with Crippen LogP contribution in [0.1, 0.15) is 36.3 Å². The standard InChI is InChI=1S/C13H14ClN3OS/c1-13(2,3)12-15-6-8(7-16-12)17-11(18)9-4-5-10(14)19-9/h4-7H,1-3H3,(H,17,18). The van der Waals surface area contributed by atoms with Gasteiger partial charge in [-0.15, -0.1) is 11.3 Å². The van der Waals surface area contributed by atoms with E-state index in [1.807, 2.05) is 20.8 Å². The molecular formula is C13H14ClN3OS. The topological polar surface area (TPSA) is 54.9 Å². The van der Waals surface area contributed by atoms with Crippen LogP contribution in [0.3, 0.4) is 0 Å². The van der Waals surface area contributed by atoms with E-state index in [-0.39, 0.29) is 11.3 Å². The van der Waals surface area contributed by atoms with E-state index in [1.54, 1.807) is 24.5 Å². The van der Waals surface area contributed by atoms with Crippen LogP contribution in [0.2, 0.25) is 4.34 Å². The van der Waals surface area contributed by atoms with Crippen LogP contribution in [0.25, 0.3) is 0 Å². The average Bonchev–Trinajstić information content (AvgIpc) is 2.75. The van der Waals surface area contributed by atoms with E-state index in [0.717, 1.165) is 5.82 Å². The summed E-state index contributed by atoms with van der Waals surface area (Å²) >= 11 is 7.03. The molecule has 4 nitrogen and oxygen atoms in total. The van der Waals surface area contributed by atoms with Crippen LogP contribution in [-0.2, 0) is 5.41 Å². The smallest absolute Gasteiger partial charge is 0.265 e. The first-order valence-corrected chi connectivity index (χ1v) is 6.95. The average molecular weight is 296 g/mol. The van der Waals surface area contributed by atoms with E-state index in [9.17, 15) is 4.79 Å². The zero-order valence-corrected chi connectivity index (χ0v) is 12.5. The number of nitrogens with one attached hydrogen (secondary N) is 1. The number of aromatic nitrogens is 2. The zero-order valence-electron chi connectivity index (χ0n) is 10.9. The van der Waals surface area contributed by atoms with Crippen molar-refractivity contribution in [2.24, 2.45) is 0 Å². The van der Waals surface area contributed by atoms with Crippen LogP contribution in [0.5, 0.6) is 0 Å². The molecule has 0 aliphatic rings. The minimum Gasteiger partial charge on any atom is -0.319 e. The number of thiophene rings is 1. The highest BCUT2D eigenvalue weighted by Crippen LogP contribution is 2.22. The fourth-order valence-electron chi connectivity index (χ4n) is 1.41. The maximum Gasteiger partial charge on any atom is 0.265 e. The highest BCUT2D eigenvalue weighted by atomic mass is 35.5. The summed E-state index contributed by atoms with van der Waals surface area (Å²) in [6.45, 7) is 6.11.